The highest BCUT2D eigenvalue weighted by molar-refractivity contribution is 5.90. The first kappa shape index (κ1) is 13.5. The van der Waals surface area contributed by atoms with Crippen molar-refractivity contribution in [2.75, 3.05) is 6.61 Å². The molecular formula is C14H19N3O2. The van der Waals surface area contributed by atoms with Crippen LogP contribution >= 0.6 is 0 Å². The smallest absolute Gasteiger partial charge is 0.341 e. The van der Waals surface area contributed by atoms with Crippen LogP contribution in [0.25, 0.3) is 5.65 Å². The molecule has 19 heavy (non-hydrogen) atoms. The molecule has 2 rings (SSSR count). The van der Waals surface area contributed by atoms with Crippen LogP contribution in [0.1, 0.15) is 54.0 Å². The summed E-state index contributed by atoms with van der Waals surface area (Å²) < 4.78 is 6.76. The van der Waals surface area contributed by atoms with Crippen LogP contribution in [-0.2, 0) is 4.74 Å². The van der Waals surface area contributed by atoms with E-state index in [1.165, 1.54) is 0 Å². The highest BCUT2D eigenvalue weighted by Gasteiger charge is 2.18. The number of nitrogens with zero attached hydrogens (tertiary/aromatic N) is 3. The van der Waals surface area contributed by atoms with Gasteiger partial charge in [-0.15, -0.1) is 0 Å². The molecule has 0 aliphatic carbocycles. The summed E-state index contributed by atoms with van der Waals surface area (Å²) in [4.78, 5) is 16.2. The average Bonchev–Trinajstić information content (AvgIpc) is 2.69. The van der Waals surface area contributed by atoms with Gasteiger partial charge in [0.15, 0.2) is 5.65 Å². The number of carbonyl (C=O) groups is 1. The molecule has 0 aromatic carbocycles. The van der Waals surface area contributed by atoms with Crippen molar-refractivity contribution in [1.82, 2.24) is 14.6 Å². The SMILES string of the molecule is CCOC(=O)c1cnc2c(C)c(C(C)C)nn2c1C. The number of hydrogen-bond donors (Lipinski definition) is 0. The van der Waals surface area contributed by atoms with Crippen LogP contribution in [0.4, 0.5) is 0 Å². The molecule has 5 nitrogen and oxygen atoms in total. The summed E-state index contributed by atoms with van der Waals surface area (Å²) in [6.45, 7) is 10.2. The molecule has 0 amide bonds. The first-order chi connectivity index (χ1) is 8.97. The Kier molecular flexibility index (Phi) is 3.55. The highest BCUT2D eigenvalue weighted by Crippen LogP contribution is 2.22. The molecule has 0 bridgehead atoms. The van der Waals surface area contributed by atoms with Crippen LogP contribution in [0, 0.1) is 13.8 Å². The lowest BCUT2D eigenvalue weighted by atomic mass is 10.1. The second-order valence-electron chi connectivity index (χ2n) is 4.88. The van der Waals surface area contributed by atoms with E-state index in [-0.39, 0.29) is 5.97 Å². The van der Waals surface area contributed by atoms with Gasteiger partial charge in [0.25, 0.3) is 0 Å². The van der Waals surface area contributed by atoms with Crippen LogP contribution in [0.2, 0.25) is 0 Å². The summed E-state index contributed by atoms with van der Waals surface area (Å²) >= 11 is 0. The quantitative estimate of drug-likeness (QED) is 0.797. The van der Waals surface area contributed by atoms with E-state index in [4.69, 9.17) is 4.74 Å². The maximum absolute atomic E-state index is 11.8. The zero-order chi connectivity index (χ0) is 14.2. The number of esters is 1. The van der Waals surface area contributed by atoms with E-state index in [1.807, 2.05) is 13.8 Å². The Morgan fingerprint density at radius 1 is 1.42 bits per heavy atom. The summed E-state index contributed by atoms with van der Waals surface area (Å²) in [6, 6.07) is 0. The van der Waals surface area contributed by atoms with Crippen LogP contribution in [0.5, 0.6) is 0 Å². The highest BCUT2D eigenvalue weighted by atomic mass is 16.5. The fraction of sp³-hybridized carbons (Fsp3) is 0.500. The third kappa shape index (κ3) is 2.20. The number of fused-ring (bicyclic) bond motifs is 1. The standard InChI is InChI=1S/C14H19N3O2/c1-6-19-14(18)11-7-15-13-9(4)12(8(2)3)16-17(13)10(11)5/h7-8H,6H2,1-5H3. The van der Waals surface area contributed by atoms with E-state index in [2.05, 4.69) is 23.9 Å². The van der Waals surface area contributed by atoms with Gasteiger partial charge in [0.2, 0.25) is 0 Å². The molecule has 0 aliphatic rings. The van der Waals surface area contributed by atoms with Crippen LogP contribution in [0.3, 0.4) is 0 Å². The van der Waals surface area contributed by atoms with Gasteiger partial charge in [-0.3, -0.25) is 0 Å². The normalized spacial score (nSPS) is 11.3. The second-order valence-corrected chi connectivity index (χ2v) is 4.88. The summed E-state index contributed by atoms with van der Waals surface area (Å²) in [5.41, 5.74) is 4.10. The monoisotopic (exact) mass is 261 g/mol. The van der Waals surface area contributed by atoms with Gasteiger partial charge in [0.05, 0.1) is 23.6 Å². The molecule has 102 valence electrons. The van der Waals surface area contributed by atoms with Gasteiger partial charge in [-0.05, 0) is 26.7 Å². The molecule has 0 saturated carbocycles. The minimum Gasteiger partial charge on any atom is -0.462 e. The molecular weight excluding hydrogens is 242 g/mol. The molecule has 0 radical (unpaired) electrons. The zero-order valence-electron chi connectivity index (χ0n) is 12.0. The Balaban J connectivity index is 2.62. The van der Waals surface area contributed by atoms with Crippen molar-refractivity contribution < 1.29 is 9.53 Å². The fourth-order valence-corrected chi connectivity index (χ4v) is 2.18. The lowest BCUT2D eigenvalue weighted by Crippen LogP contribution is -2.11. The molecule has 0 atom stereocenters. The van der Waals surface area contributed by atoms with Crippen LogP contribution in [-0.4, -0.2) is 27.2 Å². The van der Waals surface area contributed by atoms with Gasteiger partial charge in [-0.1, -0.05) is 13.8 Å². The summed E-state index contributed by atoms with van der Waals surface area (Å²) in [6.07, 6.45) is 1.57. The van der Waals surface area contributed by atoms with Gasteiger partial charge < -0.3 is 4.74 Å². The molecule has 0 N–H and O–H groups in total. The maximum atomic E-state index is 11.8. The maximum Gasteiger partial charge on any atom is 0.341 e. The minimum absolute atomic E-state index is 0.326. The molecule has 5 heteroatoms. The minimum atomic E-state index is -0.353. The molecule has 0 spiro atoms. The van der Waals surface area contributed by atoms with E-state index >= 15 is 0 Å². The number of carbonyl (C=O) groups excluding carboxylic acids is 1. The predicted octanol–water partition coefficient (Wildman–Crippen LogP) is 2.65. The average molecular weight is 261 g/mol. The van der Waals surface area contributed by atoms with Crippen LogP contribution < -0.4 is 0 Å². The third-order valence-corrected chi connectivity index (χ3v) is 3.19. The number of aryl methyl sites for hydroxylation is 2. The van der Waals surface area contributed by atoms with Gasteiger partial charge in [-0.2, -0.15) is 5.10 Å². The van der Waals surface area contributed by atoms with E-state index in [0.717, 1.165) is 22.6 Å². The fourth-order valence-electron chi connectivity index (χ4n) is 2.18. The van der Waals surface area contributed by atoms with Crippen molar-refractivity contribution in [2.24, 2.45) is 0 Å². The van der Waals surface area contributed by atoms with Gasteiger partial charge in [0.1, 0.15) is 0 Å². The van der Waals surface area contributed by atoms with Gasteiger partial charge >= 0.3 is 5.97 Å². The summed E-state index contributed by atoms with van der Waals surface area (Å²) in [5, 5.41) is 4.56. The molecule has 0 unspecified atom stereocenters. The van der Waals surface area contributed by atoms with Crippen molar-refractivity contribution in [3.8, 4) is 0 Å². The molecule has 0 fully saturated rings. The molecule has 2 heterocycles. The van der Waals surface area contributed by atoms with E-state index in [9.17, 15) is 4.79 Å². The van der Waals surface area contributed by atoms with Gasteiger partial charge in [-0.25, -0.2) is 14.3 Å². The van der Waals surface area contributed by atoms with E-state index in [0.29, 0.717) is 18.1 Å². The molecule has 2 aromatic heterocycles. The van der Waals surface area contributed by atoms with Crippen LogP contribution in [0.15, 0.2) is 6.20 Å². The second kappa shape index (κ2) is 4.99. The molecule has 2 aromatic rings. The number of hydrogen-bond acceptors (Lipinski definition) is 4. The van der Waals surface area contributed by atoms with E-state index in [1.54, 1.807) is 17.6 Å². The molecule has 0 aliphatic heterocycles. The molecule has 0 saturated heterocycles. The van der Waals surface area contributed by atoms with Crippen molar-refractivity contribution in [3.63, 3.8) is 0 Å². The Labute approximate surface area is 112 Å². The predicted molar refractivity (Wildman–Crippen MR) is 72.5 cm³/mol. The van der Waals surface area contributed by atoms with Crippen molar-refractivity contribution >= 4 is 11.6 Å². The topological polar surface area (TPSA) is 56.5 Å². The number of aromatic nitrogens is 3. The largest absolute Gasteiger partial charge is 0.462 e. The number of ether oxygens (including phenoxy) is 1. The summed E-state index contributed by atoms with van der Waals surface area (Å²) in [7, 11) is 0. The summed E-state index contributed by atoms with van der Waals surface area (Å²) in [5.74, 6) is -0.0270. The Hall–Kier alpha value is -1.91. The zero-order valence-corrected chi connectivity index (χ0v) is 12.0. The van der Waals surface area contributed by atoms with Crippen molar-refractivity contribution in [3.05, 3.63) is 28.7 Å². The number of rotatable bonds is 3. The van der Waals surface area contributed by atoms with E-state index < -0.39 is 0 Å². The Morgan fingerprint density at radius 3 is 2.68 bits per heavy atom. The Bertz CT molecular complexity index is 629. The lowest BCUT2D eigenvalue weighted by molar-refractivity contribution is 0.0524. The lowest BCUT2D eigenvalue weighted by Gasteiger charge is -2.06. The first-order valence-corrected chi connectivity index (χ1v) is 6.49. The third-order valence-electron chi connectivity index (χ3n) is 3.19. The Morgan fingerprint density at radius 2 is 2.11 bits per heavy atom. The van der Waals surface area contributed by atoms with Crippen molar-refractivity contribution in [1.29, 1.82) is 0 Å². The first-order valence-electron chi connectivity index (χ1n) is 6.49. The van der Waals surface area contributed by atoms with Gasteiger partial charge in [0, 0.05) is 11.8 Å². The van der Waals surface area contributed by atoms with Crippen molar-refractivity contribution in [2.45, 2.75) is 40.5 Å².